The van der Waals surface area contributed by atoms with E-state index in [0.717, 1.165) is 23.1 Å². The average Bonchev–Trinajstić information content (AvgIpc) is 2.41. The molecule has 1 aliphatic rings. The van der Waals surface area contributed by atoms with E-state index in [2.05, 4.69) is 31.1 Å². The number of likely N-dealkylation sites (tertiary alicyclic amines) is 1. The first-order chi connectivity index (χ1) is 9.50. The van der Waals surface area contributed by atoms with Crippen LogP contribution in [0, 0.1) is 0 Å². The maximum atomic E-state index is 11.5. The lowest BCUT2D eigenvalue weighted by Crippen LogP contribution is -2.49. The number of aromatic nitrogens is 1. The number of aliphatic hydroxyl groups is 1. The first kappa shape index (κ1) is 15.4. The van der Waals surface area contributed by atoms with E-state index in [0.29, 0.717) is 19.5 Å². The average molecular weight is 342 g/mol. The Morgan fingerprint density at radius 3 is 3.05 bits per heavy atom. The number of carbonyl (C=O) groups excluding carboxylic acids is 1. The first-order valence-corrected chi connectivity index (χ1v) is 7.56. The predicted molar refractivity (Wildman–Crippen MR) is 80.1 cm³/mol. The van der Waals surface area contributed by atoms with Gasteiger partial charge in [0.25, 0.3) is 0 Å². The Kier molecular flexibility index (Phi) is 5.12. The number of carbonyl (C=O) groups is 1. The summed E-state index contributed by atoms with van der Waals surface area (Å²) in [5.74, 6) is -0.115. The number of hydrogen-bond acceptors (Lipinski definition) is 4. The fourth-order valence-electron chi connectivity index (χ4n) is 2.60. The van der Waals surface area contributed by atoms with Crippen molar-refractivity contribution in [3.8, 4) is 0 Å². The van der Waals surface area contributed by atoms with E-state index in [1.165, 1.54) is 0 Å². The van der Waals surface area contributed by atoms with Gasteiger partial charge in [0.1, 0.15) is 0 Å². The quantitative estimate of drug-likeness (QED) is 0.866. The van der Waals surface area contributed by atoms with Gasteiger partial charge in [-0.25, -0.2) is 0 Å². The third kappa shape index (κ3) is 4.26. The molecule has 5 nitrogen and oxygen atoms in total. The van der Waals surface area contributed by atoms with E-state index in [9.17, 15) is 9.90 Å². The highest BCUT2D eigenvalue weighted by atomic mass is 79.9. The van der Waals surface area contributed by atoms with Crippen LogP contribution in [0.3, 0.4) is 0 Å². The van der Waals surface area contributed by atoms with Crippen molar-refractivity contribution in [2.45, 2.75) is 31.4 Å². The van der Waals surface area contributed by atoms with Gasteiger partial charge >= 0.3 is 0 Å². The highest BCUT2D eigenvalue weighted by Crippen LogP contribution is 2.25. The lowest BCUT2D eigenvalue weighted by atomic mass is 9.89. The van der Waals surface area contributed by atoms with Crippen LogP contribution in [0.4, 0.5) is 0 Å². The first-order valence-electron chi connectivity index (χ1n) is 6.76. The topological polar surface area (TPSA) is 65.5 Å². The number of rotatable bonds is 4. The predicted octanol–water partition coefficient (Wildman–Crippen LogP) is 1.31. The van der Waals surface area contributed by atoms with E-state index in [1.807, 2.05) is 12.1 Å². The number of nitrogens with one attached hydrogen (secondary N) is 1. The lowest BCUT2D eigenvalue weighted by molar-refractivity contribution is -0.128. The van der Waals surface area contributed by atoms with Crippen molar-refractivity contribution in [3.63, 3.8) is 0 Å². The van der Waals surface area contributed by atoms with Gasteiger partial charge in [-0.1, -0.05) is 0 Å². The molecule has 2 N–H and O–H groups in total. The van der Waals surface area contributed by atoms with Gasteiger partial charge in [0, 0.05) is 30.8 Å². The third-order valence-electron chi connectivity index (χ3n) is 3.58. The number of halogens is 1. The summed E-state index contributed by atoms with van der Waals surface area (Å²) < 4.78 is 0.955. The van der Waals surface area contributed by atoms with Crippen molar-refractivity contribution in [2.24, 2.45) is 0 Å². The Morgan fingerprint density at radius 1 is 1.60 bits per heavy atom. The molecule has 110 valence electrons. The molecule has 0 aromatic carbocycles. The summed E-state index contributed by atoms with van der Waals surface area (Å²) in [7, 11) is 1.60. The van der Waals surface area contributed by atoms with Crippen molar-refractivity contribution in [3.05, 3.63) is 28.5 Å². The number of piperidine rings is 1. The van der Waals surface area contributed by atoms with E-state index < -0.39 is 5.60 Å². The Morgan fingerprint density at radius 2 is 2.40 bits per heavy atom. The minimum atomic E-state index is -0.923. The van der Waals surface area contributed by atoms with Gasteiger partial charge in [-0.05, 0) is 47.4 Å². The number of pyridine rings is 1. The molecule has 1 fully saturated rings. The summed E-state index contributed by atoms with van der Waals surface area (Å²) >= 11 is 3.36. The minimum Gasteiger partial charge on any atom is -0.388 e. The summed E-state index contributed by atoms with van der Waals surface area (Å²) in [5, 5.41) is 13.1. The molecule has 1 amide bonds. The second kappa shape index (κ2) is 6.65. The number of β-amino-alcohol motifs (C(OH)–C–C–N with tert-alkyl or cyclic N) is 1. The molecule has 6 heteroatoms. The molecule has 1 unspecified atom stereocenters. The zero-order valence-corrected chi connectivity index (χ0v) is 13.2. The molecule has 0 bridgehead atoms. The van der Waals surface area contributed by atoms with Crippen molar-refractivity contribution >= 4 is 21.8 Å². The van der Waals surface area contributed by atoms with E-state index in [-0.39, 0.29) is 12.3 Å². The van der Waals surface area contributed by atoms with Crippen LogP contribution in [0.5, 0.6) is 0 Å². The maximum absolute atomic E-state index is 11.5. The zero-order valence-electron chi connectivity index (χ0n) is 11.6. The normalized spacial score (nSPS) is 23.6. The molecule has 0 aliphatic carbocycles. The van der Waals surface area contributed by atoms with Crippen LogP contribution in [0.25, 0.3) is 0 Å². The monoisotopic (exact) mass is 341 g/mol. The number of nitrogens with zero attached hydrogens (tertiary/aromatic N) is 2. The lowest BCUT2D eigenvalue weighted by Gasteiger charge is -2.38. The SMILES string of the molecule is CNC(=O)CC1(O)CCCN(Cc2ccc(Br)cn2)C1. The second-order valence-electron chi connectivity index (χ2n) is 5.36. The van der Waals surface area contributed by atoms with Gasteiger partial charge in [-0.15, -0.1) is 0 Å². The van der Waals surface area contributed by atoms with Gasteiger partial charge < -0.3 is 10.4 Å². The van der Waals surface area contributed by atoms with Gasteiger partial charge in [0.05, 0.1) is 17.7 Å². The summed E-state index contributed by atoms with van der Waals surface area (Å²) in [6, 6.07) is 3.93. The summed E-state index contributed by atoms with van der Waals surface area (Å²) in [5.41, 5.74) is 0.0469. The Hall–Kier alpha value is -0.980. The fourth-order valence-corrected chi connectivity index (χ4v) is 2.84. The molecule has 1 aromatic heterocycles. The number of hydrogen-bond donors (Lipinski definition) is 2. The van der Waals surface area contributed by atoms with E-state index in [1.54, 1.807) is 13.2 Å². The Balaban J connectivity index is 1.96. The smallest absolute Gasteiger partial charge is 0.222 e. The van der Waals surface area contributed by atoms with Gasteiger partial charge in [0.15, 0.2) is 0 Å². The Labute approximate surface area is 127 Å². The van der Waals surface area contributed by atoms with Crippen LogP contribution in [-0.4, -0.2) is 46.6 Å². The molecular weight excluding hydrogens is 322 g/mol. The maximum Gasteiger partial charge on any atom is 0.222 e. The van der Waals surface area contributed by atoms with E-state index in [4.69, 9.17) is 0 Å². The summed E-state index contributed by atoms with van der Waals surface area (Å²) in [4.78, 5) is 18.0. The van der Waals surface area contributed by atoms with Crippen LogP contribution in [0.1, 0.15) is 25.0 Å². The van der Waals surface area contributed by atoms with Gasteiger partial charge in [-0.2, -0.15) is 0 Å². The van der Waals surface area contributed by atoms with Gasteiger partial charge in [0.2, 0.25) is 5.91 Å². The third-order valence-corrected chi connectivity index (χ3v) is 4.05. The molecule has 0 radical (unpaired) electrons. The van der Waals surface area contributed by atoms with Crippen molar-refractivity contribution in [2.75, 3.05) is 20.1 Å². The molecular formula is C14H20BrN3O2. The molecule has 1 saturated heterocycles. The van der Waals surface area contributed by atoms with Crippen LogP contribution < -0.4 is 5.32 Å². The number of amides is 1. The molecule has 1 aromatic rings. The summed E-state index contributed by atoms with van der Waals surface area (Å²) in [6.07, 6.45) is 3.50. The standard InChI is InChI=1S/C14H20BrN3O2/c1-16-13(19)7-14(20)5-2-6-18(10-14)9-12-4-3-11(15)8-17-12/h3-4,8,20H,2,5-7,9-10H2,1H3,(H,16,19). The van der Waals surface area contributed by atoms with Crippen LogP contribution >= 0.6 is 15.9 Å². The van der Waals surface area contributed by atoms with Crippen LogP contribution in [-0.2, 0) is 11.3 Å². The highest BCUT2D eigenvalue weighted by Gasteiger charge is 2.35. The van der Waals surface area contributed by atoms with E-state index >= 15 is 0 Å². The molecule has 2 rings (SSSR count). The van der Waals surface area contributed by atoms with Crippen LogP contribution in [0.15, 0.2) is 22.8 Å². The van der Waals surface area contributed by atoms with Crippen LogP contribution in [0.2, 0.25) is 0 Å². The van der Waals surface area contributed by atoms with Crippen molar-refractivity contribution in [1.82, 2.24) is 15.2 Å². The molecule has 1 aliphatic heterocycles. The zero-order chi connectivity index (χ0) is 14.6. The summed E-state index contributed by atoms with van der Waals surface area (Å²) in [6.45, 7) is 2.13. The molecule has 2 heterocycles. The highest BCUT2D eigenvalue weighted by molar-refractivity contribution is 9.10. The molecule has 20 heavy (non-hydrogen) atoms. The fraction of sp³-hybridized carbons (Fsp3) is 0.571. The minimum absolute atomic E-state index is 0.115. The molecule has 0 spiro atoms. The van der Waals surface area contributed by atoms with Gasteiger partial charge in [-0.3, -0.25) is 14.7 Å². The largest absolute Gasteiger partial charge is 0.388 e. The Bertz CT molecular complexity index is 466. The molecule has 0 saturated carbocycles. The van der Waals surface area contributed by atoms with Crippen molar-refractivity contribution < 1.29 is 9.90 Å². The molecule has 1 atom stereocenters. The van der Waals surface area contributed by atoms with Crippen molar-refractivity contribution in [1.29, 1.82) is 0 Å². The second-order valence-corrected chi connectivity index (χ2v) is 6.27.